The molecule has 6 nitrogen and oxygen atoms in total. The van der Waals surface area contributed by atoms with Crippen LogP contribution in [0.2, 0.25) is 0 Å². The Morgan fingerprint density at radius 1 is 1.03 bits per heavy atom. The van der Waals surface area contributed by atoms with Gasteiger partial charge < -0.3 is 24.7 Å². The number of hydrogen-bond acceptors (Lipinski definition) is 5. The number of hydrogen-bond donors (Lipinski definition) is 3. The Labute approximate surface area is 174 Å². The lowest BCUT2D eigenvalue weighted by atomic mass is 9.95. The molecule has 6 rings (SSSR count). The first-order valence-electron chi connectivity index (χ1n) is 10.8. The lowest BCUT2D eigenvalue weighted by molar-refractivity contribution is 0.0169. The van der Waals surface area contributed by atoms with Crippen molar-refractivity contribution in [2.24, 2.45) is 5.92 Å². The second kappa shape index (κ2) is 6.89. The van der Waals surface area contributed by atoms with Gasteiger partial charge >= 0.3 is 0 Å². The molecular weight excluding hydrogens is 380 g/mol. The molecule has 4 heterocycles. The fourth-order valence-corrected chi connectivity index (χ4v) is 5.03. The van der Waals surface area contributed by atoms with Crippen LogP contribution >= 0.6 is 0 Å². The molecule has 1 saturated carbocycles. The standard InChI is InChI=1S/C24H26N2O4/c27-13-24(7-8-24)16-3-1-14(2-4-16)18-5-6-19-20(26-18)10-17(25-19)9-15-11-29-23-21(28)12-30-22(15)23/h1-6,10,15,21-23,25,27-28H,7-9,11-13H2. The topological polar surface area (TPSA) is 87.6 Å². The van der Waals surface area contributed by atoms with Gasteiger partial charge in [-0.1, -0.05) is 24.3 Å². The van der Waals surface area contributed by atoms with E-state index in [-0.39, 0.29) is 30.1 Å². The van der Waals surface area contributed by atoms with E-state index in [0.717, 1.165) is 47.2 Å². The molecule has 156 valence electrons. The van der Waals surface area contributed by atoms with E-state index in [2.05, 4.69) is 41.4 Å². The van der Waals surface area contributed by atoms with Gasteiger partial charge in [0.25, 0.3) is 0 Å². The molecule has 0 amide bonds. The predicted octanol–water partition coefficient (Wildman–Crippen LogP) is 2.57. The summed E-state index contributed by atoms with van der Waals surface area (Å²) in [5, 5.41) is 19.6. The summed E-state index contributed by atoms with van der Waals surface area (Å²) in [5.41, 5.74) is 6.32. The number of benzene rings is 1. The molecule has 0 spiro atoms. The van der Waals surface area contributed by atoms with E-state index < -0.39 is 6.10 Å². The fourth-order valence-electron chi connectivity index (χ4n) is 5.03. The van der Waals surface area contributed by atoms with Crippen LogP contribution in [0.1, 0.15) is 24.1 Å². The third-order valence-electron chi connectivity index (χ3n) is 7.09. The molecule has 4 atom stereocenters. The second-order valence-electron chi connectivity index (χ2n) is 9.07. The zero-order valence-electron chi connectivity index (χ0n) is 16.8. The zero-order chi connectivity index (χ0) is 20.3. The summed E-state index contributed by atoms with van der Waals surface area (Å²) < 4.78 is 11.5. The van der Waals surface area contributed by atoms with Crippen molar-refractivity contribution in [1.29, 1.82) is 0 Å². The summed E-state index contributed by atoms with van der Waals surface area (Å²) in [6.07, 6.45) is 2.23. The summed E-state index contributed by atoms with van der Waals surface area (Å²) >= 11 is 0. The Bertz CT molecular complexity index is 1070. The number of aliphatic hydroxyl groups is 2. The number of aromatic amines is 1. The molecule has 2 aromatic heterocycles. The fraction of sp³-hybridized carbons (Fsp3) is 0.458. The van der Waals surface area contributed by atoms with Gasteiger partial charge in [-0.25, -0.2) is 4.98 Å². The van der Waals surface area contributed by atoms with Crippen LogP contribution in [0.25, 0.3) is 22.3 Å². The maximum Gasteiger partial charge on any atom is 0.112 e. The van der Waals surface area contributed by atoms with Gasteiger partial charge in [0, 0.05) is 22.6 Å². The summed E-state index contributed by atoms with van der Waals surface area (Å²) in [4.78, 5) is 8.34. The van der Waals surface area contributed by atoms with Gasteiger partial charge in [0.05, 0.1) is 42.7 Å². The molecule has 4 unspecified atom stereocenters. The summed E-state index contributed by atoms with van der Waals surface area (Å²) in [6.45, 7) is 1.20. The molecule has 3 aromatic rings. The molecule has 2 saturated heterocycles. The number of pyridine rings is 1. The van der Waals surface area contributed by atoms with E-state index in [1.54, 1.807) is 0 Å². The molecule has 0 bridgehead atoms. The van der Waals surface area contributed by atoms with E-state index in [4.69, 9.17) is 14.5 Å². The highest BCUT2D eigenvalue weighted by Crippen LogP contribution is 2.47. The van der Waals surface area contributed by atoms with Gasteiger partial charge in [-0.3, -0.25) is 0 Å². The largest absolute Gasteiger partial charge is 0.395 e. The van der Waals surface area contributed by atoms with Crippen LogP contribution in [0.3, 0.4) is 0 Å². The molecule has 3 aliphatic rings. The van der Waals surface area contributed by atoms with E-state index in [1.165, 1.54) is 5.56 Å². The van der Waals surface area contributed by atoms with E-state index in [1.807, 2.05) is 6.07 Å². The molecule has 1 aromatic carbocycles. The van der Waals surface area contributed by atoms with Crippen molar-refractivity contribution < 1.29 is 19.7 Å². The molecule has 2 aliphatic heterocycles. The molecular formula is C24H26N2O4. The third-order valence-corrected chi connectivity index (χ3v) is 7.09. The Morgan fingerprint density at radius 2 is 1.83 bits per heavy atom. The average molecular weight is 406 g/mol. The van der Waals surface area contributed by atoms with Gasteiger partial charge in [0.2, 0.25) is 0 Å². The molecule has 0 radical (unpaired) electrons. The highest BCUT2D eigenvalue weighted by molar-refractivity contribution is 5.79. The number of nitrogens with zero attached hydrogens (tertiary/aromatic N) is 1. The quantitative estimate of drug-likeness (QED) is 0.606. The number of nitrogens with one attached hydrogen (secondary N) is 1. The minimum absolute atomic E-state index is 0.00646. The molecule has 3 fully saturated rings. The van der Waals surface area contributed by atoms with Gasteiger partial charge in [-0.15, -0.1) is 0 Å². The van der Waals surface area contributed by atoms with Crippen molar-refractivity contribution in [3.8, 4) is 11.3 Å². The number of aliphatic hydroxyl groups excluding tert-OH is 2. The van der Waals surface area contributed by atoms with Crippen LogP contribution in [-0.2, 0) is 21.3 Å². The average Bonchev–Trinajstić information content (AvgIpc) is 3.10. The number of H-pyrrole nitrogens is 1. The van der Waals surface area contributed by atoms with Crippen LogP contribution in [0, 0.1) is 5.92 Å². The summed E-state index contributed by atoms with van der Waals surface area (Å²) in [6, 6.07) is 14.7. The highest BCUT2D eigenvalue weighted by atomic mass is 16.6. The minimum Gasteiger partial charge on any atom is -0.395 e. The Hall–Kier alpha value is -2.25. The van der Waals surface area contributed by atoms with Crippen molar-refractivity contribution in [3.05, 3.63) is 53.7 Å². The minimum atomic E-state index is -0.509. The summed E-state index contributed by atoms with van der Waals surface area (Å²) in [7, 11) is 0. The Morgan fingerprint density at radius 3 is 2.60 bits per heavy atom. The van der Waals surface area contributed by atoms with Crippen molar-refractivity contribution in [2.75, 3.05) is 19.8 Å². The van der Waals surface area contributed by atoms with Crippen LogP contribution in [0.15, 0.2) is 42.5 Å². The Balaban J connectivity index is 1.22. The van der Waals surface area contributed by atoms with Crippen molar-refractivity contribution in [3.63, 3.8) is 0 Å². The first kappa shape index (κ1) is 18.5. The monoisotopic (exact) mass is 406 g/mol. The van der Waals surface area contributed by atoms with E-state index >= 15 is 0 Å². The number of aromatic nitrogens is 2. The van der Waals surface area contributed by atoms with E-state index in [9.17, 15) is 10.2 Å². The van der Waals surface area contributed by atoms with Crippen LogP contribution in [-0.4, -0.2) is 58.3 Å². The summed E-state index contributed by atoms with van der Waals surface area (Å²) in [5.74, 6) is 0.244. The smallest absolute Gasteiger partial charge is 0.112 e. The SMILES string of the molecule is OCC1(c2ccc(-c3ccc4[nH]c(CC5COC6C(O)COC56)cc4n3)cc2)CC1. The molecule has 1 aliphatic carbocycles. The van der Waals surface area contributed by atoms with Crippen LogP contribution in [0.5, 0.6) is 0 Å². The zero-order valence-corrected chi connectivity index (χ0v) is 16.8. The van der Waals surface area contributed by atoms with Crippen molar-refractivity contribution in [1.82, 2.24) is 9.97 Å². The van der Waals surface area contributed by atoms with Gasteiger partial charge in [0.15, 0.2) is 0 Å². The maximum atomic E-state index is 9.94. The van der Waals surface area contributed by atoms with Gasteiger partial charge in [-0.05, 0) is 43.0 Å². The first-order valence-corrected chi connectivity index (χ1v) is 10.8. The van der Waals surface area contributed by atoms with Crippen molar-refractivity contribution in [2.45, 2.75) is 43.0 Å². The van der Waals surface area contributed by atoms with Gasteiger partial charge in [0.1, 0.15) is 12.2 Å². The predicted molar refractivity (Wildman–Crippen MR) is 112 cm³/mol. The first-order chi connectivity index (χ1) is 14.6. The second-order valence-corrected chi connectivity index (χ2v) is 9.07. The molecule has 3 N–H and O–H groups in total. The molecule has 30 heavy (non-hydrogen) atoms. The van der Waals surface area contributed by atoms with Crippen LogP contribution in [0.4, 0.5) is 0 Å². The maximum absolute atomic E-state index is 9.94. The lowest BCUT2D eigenvalue weighted by Crippen LogP contribution is -2.29. The highest BCUT2D eigenvalue weighted by Gasteiger charge is 2.47. The van der Waals surface area contributed by atoms with E-state index in [0.29, 0.717) is 13.2 Å². The Kier molecular flexibility index (Phi) is 4.25. The number of fused-ring (bicyclic) bond motifs is 2. The third kappa shape index (κ3) is 2.98. The normalized spacial score (nSPS) is 29.4. The number of ether oxygens (including phenoxy) is 2. The van der Waals surface area contributed by atoms with Gasteiger partial charge in [-0.2, -0.15) is 0 Å². The molecule has 6 heteroatoms. The van der Waals surface area contributed by atoms with Crippen molar-refractivity contribution >= 4 is 11.0 Å². The number of rotatable bonds is 5. The van der Waals surface area contributed by atoms with Crippen LogP contribution < -0.4 is 0 Å². The lowest BCUT2D eigenvalue weighted by Gasteiger charge is -2.14.